The van der Waals surface area contributed by atoms with Gasteiger partial charge in [-0.05, 0) is 41.3 Å². The standard InChI is InChI=1S/C21H25N3O4/c1-15(2)19(20(25)26)24-12-11-23(21(24)27)13-16-3-5-18(6-4-16)28-14-17-7-9-22-10-8-17/h3-10,15,19H,11-14H2,1-2H3,(H,25,26). The van der Waals surface area contributed by atoms with Crippen LogP contribution in [0.2, 0.25) is 0 Å². The molecule has 1 saturated heterocycles. The zero-order chi connectivity index (χ0) is 20.1. The Morgan fingerprint density at radius 1 is 1.11 bits per heavy atom. The number of ether oxygens (including phenoxy) is 1. The molecule has 148 valence electrons. The maximum Gasteiger partial charge on any atom is 0.326 e. The number of carboxylic acids is 1. The number of nitrogens with zero attached hydrogens (tertiary/aromatic N) is 3. The molecule has 1 N–H and O–H groups in total. The van der Waals surface area contributed by atoms with Gasteiger partial charge in [-0.25, -0.2) is 9.59 Å². The monoisotopic (exact) mass is 383 g/mol. The largest absolute Gasteiger partial charge is 0.489 e. The highest BCUT2D eigenvalue weighted by Gasteiger charge is 2.38. The molecule has 0 bridgehead atoms. The highest BCUT2D eigenvalue weighted by molar-refractivity contribution is 5.84. The van der Waals surface area contributed by atoms with Crippen molar-refractivity contribution in [2.45, 2.75) is 33.0 Å². The van der Waals surface area contributed by atoms with Crippen LogP contribution in [0.3, 0.4) is 0 Å². The second-order valence-electron chi connectivity index (χ2n) is 7.21. The number of hydrogen-bond donors (Lipinski definition) is 1. The van der Waals surface area contributed by atoms with Crippen LogP contribution in [0.1, 0.15) is 25.0 Å². The van der Waals surface area contributed by atoms with Crippen LogP contribution in [0.25, 0.3) is 0 Å². The lowest BCUT2D eigenvalue weighted by molar-refractivity contribution is -0.143. The molecule has 2 aromatic rings. The van der Waals surface area contributed by atoms with Crippen molar-refractivity contribution in [3.05, 3.63) is 59.9 Å². The van der Waals surface area contributed by atoms with Gasteiger partial charge < -0.3 is 19.6 Å². The van der Waals surface area contributed by atoms with Crippen LogP contribution in [0.4, 0.5) is 4.79 Å². The van der Waals surface area contributed by atoms with Gasteiger partial charge >= 0.3 is 12.0 Å². The molecule has 1 aliphatic heterocycles. The first kappa shape index (κ1) is 19.7. The summed E-state index contributed by atoms with van der Waals surface area (Å²) >= 11 is 0. The third-order valence-electron chi connectivity index (χ3n) is 4.80. The average Bonchev–Trinajstić information content (AvgIpc) is 3.02. The third kappa shape index (κ3) is 4.60. The Bertz CT molecular complexity index is 808. The summed E-state index contributed by atoms with van der Waals surface area (Å²) in [5.74, 6) is -0.347. The number of hydrogen-bond acceptors (Lipinski definition) is 4. The first-order valence-electron chi connectivity index (χ1n) is 9.34. The quantitative estimate of drug-likeness (QED) is 0.758. The first-order valence-corrected chi connectivity index (χ1v) is 9.34. The number of rotatable bonds is 8. The van der Waals surface area contributed by atoms with Gasteiger partial charge in [-0.3, -0.25) is 4.98 Å². The molecular formula is C21H25N3O4. The van der Waals surface area contributed by atoms with Crippen molar-refractivity contribution in [2.24, 2.45) is 5.92 Å². The van der Waals surface area contributed by atoms with Gasteiger partial charge in [0.2, 0.25) is 0 Å². The van der Waals surface area contributed by atoms with E-state index >= 15 is 0 Å². The average molecular weight is 383 g/mol. The molecule has 0 saturated carbocycles. The number of carboxylic acid groups (broad SMARTS) is 1. The second kappa shape index (κ2) is 8.73. The molecular weight excluding hydrogens is 358 g/mol. The van der Waals surface area contributed by atoms with E-state index in [1.165, 1.54) is 4.90 Å². The molecule has 3 rings (SSSR count). The fraction of sp³-hybridized carbons (Fsp3) is 0.381. The number of pyridine rings is 1. The number of urea groups is 1. The van der Waals surface area contributed by atoms with Crippen LogP contribution in [0.15, 0.2) is 48.8 Å². The molecule has 1 atom stereocenters. The Hall–Kier alpha value is -3.09. The maximum absolute atomic E-state index is 12.6. The van der Waals surface area contributed by atoms with Crippen molar-refractivity contribution in [2.75, 3.05) is 13.1 Å². The Kier molecular flexibility index (Phi) is 6.13. The number of carbonyl (C=O) groups excluding carboxylic acids is 1. The van der Waals surface area contributed by atoms with Gasteiger partial charge in [0.05, 0.1) is 0 Å². The van der Waals surface area contributed by atoms with Crippen LogP contribution in [-0.4, -0.2) is 51.0 Å². The minimum absolute atomic E-state index is 0.141. The summed E-state index contributed by atoms with van der Waals surface area (Å²) in [6, 6.07) is 10.4. The predicted octanol–water partition coefficient (Wildman–Crippen LogP) is 3.01. The van der Waals surface area contributed by atoms with E-state index < -0.39 is 12.0 Å². The summed E-state index contributed by atoms with van der Waals surface area (Å²) in [5, 5.41) is 9.43. The SMILES string of the molecule is CC(C)C(C(=O)O)N1CCN(Cc2ccc(OCc3ccncc3)cc2)C1=O. The Morgan fingerprint density at radius 2 is 1.79 bits per heavy atom. The number of benzene rings is 1. The molecule has 1 aliphatic rings. The van der Waals surface area contributed by atoms with E-state index in [0.717, 1.165) is 16.9 Å². The lowest BCUT2D eigenvalue weighted by atomic mass is 10.0. The van der Waals surface area contributed by atoms with E-state index in [4.69, 9.17) is 4.74 Å². The van der Waals surface area contributed by atoms with Crippen molar-refractivity contribution < 1.29 is 19.4 Å². The van der Waals surface area contributed by atoms with Crippen LogP contribution in [0.5, 0.6) is 5.75 Å². The van der Waals surface area contributed by atoms with Gasteiger partial charge in [0, 0.05) is 32.0 Å². The van der Waals surface area contributed by atoms with Gasteiger partial charge in [0.15, 0.2) is 0 Å². The van der Waals surface area contributed by atoms with Crippen LogP contribution < -0.4 is 4.74 Å². The van der Waals surface area contributed by atoms with E-state index in [2.05, 4.69) is 4.98 Å². The predicted molar refractivity (Wildman–Crippen MR) is 104 cm³/mol. The molecule has 7 nitrogen and oxygen atoms in total. The maximum atomic E-state index is 12.6. The molecule has 0 aliphatic carbocycles. The Balaban J connectivity index is 1.57. The normalized spacial score (nSPS) is 15.2. The van der Waals surface area contributed by atoms with E-state index in [1.54, 1.807) is 17.3 Å². The zero-order valence-electron chi connectivity index (χ0n) is 16.1. The van der Waals surface area contributed by atoms with Crippen molar-refractivity contribution >= 4 is 12.0 Å². The van der Waals surface area contributed by atoms with Gasteiger partial charge in [-0.1, -0.05) is 26.0 Å². The number of aromatic nitrogens is 1. The number of aliphatic carboxylic acids is 1. The summed E-state index contributed by atoms with van der Waals surface area (Å²) in [6.45, 7) is 5.51. The number of carbonyl (C=O) groups is 2. The first-order chi connectivity index (χ1) is 13.5. The fourth-order valence-electron chi connectivity index (χ4n) is 3.34. The number of amides is 2. The lowest BCUT2D eigenvalue weighted by Gasteiger charge is -2.27. The van der Waals surface area contributed by atoms with Crippen LogP contribution >= 0.6 is 0 Å². The summed E-state index contributed by atoms with van der Waals surface area (Å²) in [6.07, 6.45) is 3.46. The molecule has 1 fully saturated rings. The summed E-state index contributed by atoms with van der Waals surface area (Å²) in [4.78, 5) is 31.3. The topological polar surface area (TPSA) is 83.0 Å². The highest BCUT2D eigenvalue weighted by atomic mass is 16.5. The molecule has 28 heavy (non-hydrogen) atoms. The van der Waals surface area contributed by atoms with Crippen LogP contribution in [-0.2, 0) is 17.9 Å². The Labute approximate surface area is 164 Å². The molecule has 0 radical (unpaired) electrons. The molecule has 0 spiro atoms. The molecule has 1 unspecified atom stereocenters. The van der Waals surface area contributed by atoms with Gasteiger partial charge in [-0.15, -0.1) is 0 Å². The van der Waals surface area contributed by atoms with Gasteiger partial charge in [0.25, 0.3) is 0 Å². The fourth-order valence-corrected chi connectivity index (χ4v) is 3.34. The van der Waals surface area contributed by atoms with E-state index in [-0.39, 0.29) is 11.9 Å². The molecule has 2 amide bonds. The molecule has 2 heterocycles. The van der Waals surface area contributed by atoms with Crippen molar-refractivity contribution in [1.29, 1.82) is 0 Å². The molecule has 7 heteroatoms. The van der Waals surface area contributed by atoms with Crippen molar-refractivity contribution in [3.8, 4) is 5.75 Å². The molecule has 1 aromatic heterocycles. The van der Waals surface area contributed by atoms with Crippen molar-refractivity contribution in [1.82, 2.24) is 14.8 Å². The minimum Gasteiger partial charge on any atom is -0.489 e. The molecule has 1 aromatic carbocycles. The highest BCUT2D eigenvalue weighted by Crippen LogP contribution is 2.21. The summed E-state index contributed by atoms with van der Waals surface area (Å²) < 4.78 is 5.76. The third-order valence-corrected chi connectivity index (χ3v) is 4.80. The lowest BCUT2D eigenvalue weighted by Crippen LogP contribution is -2.46. The summed E-state index contributed by atoms with van der Waals surface area (Å²) in [5.41, 5.74) is 2.02. The second-order valence-corrected chi connectivity index (χ2v) is 7.21. The van der Waals surface area contributed by atoms with Gasteiger partial charge in [0.1, 0.15) is 18.4 Å². The minimum atomic E-state index is -0.958. The van der Waals surface area contributed by atoms with Crippen LogP contribution in [0, 0.1) is 5.92 Å². The van der Waals surface area contributed by atoms with E-state index in [9.17, 15) is 14.7 Å². The van der Waals surface area contributed by atoms with E-state index in [0.29, 0.717) is 26.2 Å². The Morgan fingerprint density at radius 3 is 2.39 bits per heavy atom. The smallest absolute Gasteiger partial charge is 0.326 e. The summed E-state index contributed by atoms with van der Waals surface area (Å²) in [7, 11) is 0. The van der Waals surface area contributed by atoms with Crippen molar-refractivity contribution in [3.63, 3.8) is 0 Å². The van der Waals surface area contributed by atoms with Gasteiger partial charge in [-0.2, -0.15) is 0 Å². The van der Waals surface area contributed by atoms with E-state index in [1.807, 2.05) is 50.2 Å². The zero-order valence-corrected chi connectivity index (χ0v) is 16.1.